The fourth-order valence-electron chi connectivity index (χ4n) is 3.98. The number of piperazine rings is 1. The Morgan fingerprint density at radius 2 is 1.62 bits per heavy atom. The van der Waals surface area contributed by atoms with E-state index in [2.05, 4.69) is 40.2 Å². The van der Waals surface area contributed by atoms with Crippen LogP contribution in [0.1, 0.15) is 31.4 Å². The number of amides is 1. The number of fused-ring (bicyclic) bond motifs is 1. The monoisotopic (exact) mass is 428 g/mol. The smallest absolute Gasteiger partial charge is 0.243 e. The summed E-state index contributed by atoms with van der Waals surface area (Å²) < 4.78 is 0. The molecule has 1 aliphatic rings. The van der Waals surface area contributed by atoms with Crippen LogP contribution in [0, 0.1) is 11.3 Å². The zero-order chi connectivity index (χ0) is 22.3. The van der Waals surface area contributed by atoms with E-state index in [1.54, 1.807) is 0 Å². The maximum absolute atomic E-state index is 12.8. The van der Waals surface area contributed by atoms with Crippen molar-refractivity contribution in [2.45, 2.75) is 25.7 Å². The minimum Gasteiger partial charge on any atom is -0.368 e. The molecule has 32 heavy (non-hydrogen) atoms. The molecule has 0 radical (unpaired) electrons. The predicted octanol–water partition coefficient (Wildman–Crippen LogP) is 3.48. The number of hydrogen-bond donors (Lipinski definition) is 1. The first kappa shape index (κ1) is 21.6. The quantitative estimate of drug-likeness (QED) is 0.580. The van der Waals surface area contributed by atoms with Crippen LogP contribution in [0.4, 0.5) is 11.5 Å². The number of carbonyl (C=O) groups excluding carboxylic acids is 1. The lowest BCUT2D eigenvalue weighted by Gasteiger charge is -2.37. The maximum Gasteiger partial charge on any atom is 0.243 e. The highest BCUT2D eigenvalue weighted by Gasteiger charge is 2.30. The van der Waals surface area contributed by atoms with Crippen molar-refractivity contribution in [1.29, 1.82) is 5.26 Å². The number of anilines is 2. The lowest BCUT2D eigenvalue weighted by atomic mass is 10.0. The molecule has 2 aromatic carbocycles. The number of carbonyl (C=O) groups is 1. The molecule has 0 spiro atoms. The Kier molecular flexibility index (Phi) is 6.81. The highest BCUT2D eigenvalue weighted by Crippen LogP contribution is 2.29. The highest BCUT2D eigenvalue weighted by atomic mass is 16.1. The van der Waals surface area contributed by atoms with E-state index in [1.807, 2.05) is 42.5 Å². The summed E-state index contributed by atoms with van der Waals surface area (Å²) in [5, 5.41) is 12.8. The van der Waals surface area contributed by atoms with Crippen molar-refractivity contribution < 1.29 is 4.79 Å². The fourth-order valence-corrected chi connectivity index (χ4v) is 3.98. The molecule has 7 heteroatoms. The molecule has 3 aromatic rings. The zero-order valence-electron chi connectivity index (χ0n) is 18.4. The number of nitriles is 1. The third-order valence-electron chi connectivity index (χ3n) is 5.77. The Morgan fingerprint density at radius 1 is 1.00 bits per heavy atom. The molecule has 4 rings (SSSR count). The molecule has 7 nitrogen and oxygen atoms in total. The number of nitrogens with one attached hydrogen (secondary N) is 1. The van der Waals surface area contributed by atoms with Crippen LogP contribution >= 0.6 is 0 Å². The molecule has 2 heterocycles. The summed E-state index contributed by atoms with van der Waals surface area (Å²) in [6.45, 7) is 5.76. The average Bonchev–Trinajstić information content (AvgIpc) is 2.85. The van der Waals surface area contributed by atoms with Crippen molar-refractivity contribution in [1.82, 2.24) is 15.3 Å². The van der Waals surface area contributed by atoms with Gasteiger partial charge in [-0.25, -0.2) is 9.97 Å². The van der Waals surface area contributed by atoms with Gasteiger partial charge in [-0.1, -0.05) is 43.7 Å². The number of para-hydroxylation sites is 3. The lowest BCUT2D eigenvalue weighted by Crippen LogP contribution is -2.47. The van der Waals surface area contributed by atoms with E-state index in [0.29, 0.717) is 23.6 Å². The van der Waals surface area contributed by atoms with E-state index in [0.717, 1.165) is 44.5 Å². The number of unbranched alkanes of at least 4 members (excludes halogenated alkanes) is 1. The van der Waals surface area contributed by atoms with Crippen LogP contribution in [0.2, 0.25) is 0 Å². The Morgan fingerprint density at radius 3 is 2.28 bits per heavy atom. The molecule has 1 fully saturated rings. The van der Waals surface area contributed by atoms with E-state index in [9.17, 15) is 10.1 Å². The van der Waals surface area contributed by atoms with Gasteiger partial charge < -0.3 is 15.1 Å². The van der Waals surface area contributed by atoms with Gasteiger partial charge in [-0.05, 0) is 30.7 Å². The van der Waals surface area contributed by atoms with Crippen molar-refractivity contribution >= 4 is 28.4 Å². The Hall–Kier alpha value is -3.66. The highest BCUT2D eigenvalue weighted by molar-refractivity contribution is 5.88. The van der Waals surface area contributed by atoms with Crippen molar-refractivity contribution in [3.05, 3.63) is 60.3 Å². The summed E-state index contributed by atoms with van der Waals surface area (Å²) in [7, 11) is 0. The van der Waals surface area contributed by atoms with Crippen molar-refractivity contribution in [3.63, 3.8) is 0 Å². The zero-order valence-corrected chi connectivity index (χ0v) is 18.4. The van der Waals surface area contributed by atoms with Crippen molar-refractivity contribution in [2.24, 2.45) is 0 Å². The van der Waals surface area contributed by atoms with Gasteiger partial charge in [-0.15, -0.1) is 0 Å². The van der Waals surface area contributed by atoms with Gasteiger partial charge in [0, 0.05) is 38.4 Å². The molecule has 164 valence electrons. The predicted molar refractivity (Wildman–Crippen MR) is 127 cm³/mol. The molecule has 0 bridgehead atoms. The minimum absolute atomic E-state index is 0.310. The summed E-state index contributed by atoms with van der Waals surface area (Å²) in [5.41, 5.74) is 3.09. The summed E-state index contributed by atoms with van der Waals surface area (Å²) in [5.74, 6) is -0.672. The first-order chi connectivity index (χ1) is 15.7. The molecule has 1 N–H and O–H groups in total. The third-order valence-corrected chi connectivity index (χ3v) is 5.77. The summed E-state index contributed by atoms with van der Waals surface area (Å²) >= 11 is 0. The minimum atomic E-state index is -0.994. The molecule has 0 saturated carbocycles. The van der Waals surface area contributed by atoms with Crippen LogP contribution in [0.5, 0.6) is 0 Å². The third kappa shape index (κ3) is 4.65. The van der Waals surface area contributed by atoms with E-state index in [-0.39, 0.29) is 5.91 Å². The van der Waals surface area contributed by atoms with Gasteiger partial charge in [0.2, 0.25) is 5.91 Å². The van der Waals surface area contributed by atoms with Crippen LogP contribution in [0.3, 0.4) is 0 Å². The fraction of sp³-hybridized carbons (Fsp3) is 0.360. The summed E-state index contributed by atoms with van der Waals surface area (Å²) in [6.07, 6.45) is 1.85. The number of aromatic nitrogens is 2. The van der Waals surface area contributed by atoms with Gasteiger partial charge in [0.25, 0.3) is 0 Å². The van der Waals surface area contributed by atoms with Crippen LogP contribution in [0.15, 0.2) is 54.6 Å². The van der Waals surface area contributed by atoms with Crippen LogP contribution in [-0.2, 0) is 4.79 Å². The number of rotatable bonds is 7. The summed E-state index contributed by atoms with van der Waals surface area (Å²) in [6, 6.07) is 20.1. The Labute approximate surface area is 188 Å². The summed E-state index contributed by atoms with van der Waals surface area (Å²) in [4.78, 5) is 26.9. The average molecular weight is 429 g/mol. The molecule has 1 atom stereocenters. The largest absolute Gasteiger partial charge is 0.368 e. The first-order valence-corrected chi connectivity index (χ1v) is 11.2. The van der Waals surface area contributed by atoms with Crippen LogP contribution in [0.25, 0.3) is 11.0 Å². The molecule has 1 saturated heterocycles. The Balaban J connectivity index is 1.63. The molecule has 1 aromatic heterocycles. The van der Waals surface area contributed by atoms with E-state index in [4.69, 9.17) is 9.97 Å². The van der Waals surface area contributed by atoms with Gasteiger partial charge in [-0.2, -0.15) is 5.26 Å². The molecule has 0 aliphatic carbocycles. The lowest BCUT2D eigenvalue weighted by molar-refractivity contribution is -0.121. The maximum atomic E-state index is 12.8. The SMILES string of the molecule is CCCCNC(=O)[C@@H](C#N)c1nc2ccccc2nc1N1CCN(c2ccccc2)CC1. The molecule has 1 aliphatic heterocycles. The topological polar surface area (TPSA) is 85.1 Å². The van der Waals surface area contributed by atoms with Gasteiger partial charge in [-0.3, -0.25) is 4.79 Å². The second-order valence-electron chi connectivity index (χ2n) is 7.94. The molecule has 0 unspecified atom stereocenters. The second kappa shape index (κ2) is 10.1. The van der Waals surface area contributed by atoms with Crippen LogP contribution in [-0.4, -0.2) is 48.6 Å². The van der Waals surface area contributed by atoms with Crippen molar-refractivity contribution in [2.75, 3.05) is 42.5 Å². The first-order valence-electron chi connectivity index (χ1n) is 11.2. The van der Waals surface area contributed by atoms with Gasteiger partial charge >= 0.3 is 0 Å². The van der Waals surface area contributed by atoms with Gasteiger partial charge in [0.1, 0.15) is 5.69 Å². The van der Waals surface area contributed by atoms with E-state index in [1.165, 1.54) is 5.69 Å². The van der Waals surface area contributed by atoms with E-state index < -0.39 is 5.92 Å². The van der Waals surface area contributed by atoms with Crippen molar-refractivity contribution in [3.8, 4) is 6.07 Å². The Bertz CT molecular complexity index is 1100. The van der Waals surface area contributed by atoms with Gasteiger partial charge in [0.05, 0.1) is 17.1 Å². The number of benzene rings is 2. The second-order valence-corrected chi connectivity index (χ2v) is 7.94. The molecule has 1 amide bonds. The van der Waals surface area contributed by atoms with Gasteiger partial charge in [0.15, 0.2) is 11.7 Å². The molecular formula is C25H28N6O. The number of hydrogen-bond acceptors (Lipinski definition) is 6. The van der Waals surface area contributed by atoms with Crippen LogP contribution < -0.4 is 15.1 Å². The normalized spacial score (nSPS) is 14.8. The standard InChI is InChI=1S/C25H28N6O/c1-2-3-13-27-25(32)20(18-26)23-24(29-22-12-8-7-11-21(22)28-23)31-16-14-30(15-17-31)19-9-5-4-6-10-19/h4-12,20H,2-3,13-17H2,1H3,(H,27,32)/t20-/m0/s1. The molecular weight excluding hydrogens is 400 g/mol. The number of nitrogens with zero attached hydrogens (tertiary/aromatic N) is 5. The van der Waals surface area contributed by atoms with E-state index >= 15 is 0 Å².